The minimum atomic E-state index is 0.124. The minimum Gasteiger partial charge on any atom is -0.296 e. The van der Waals surface area contributed by atoms with Crippen molar-refractivity contribution in [2.45, 2.75) is 25.7 Å². The topological polar surface area (TPSA) is 36.1 Å². The molecule has 1 atom stereocenters. The molecule has 0 heterocycles. The van der Waals surface area contributed by atoms with E-state index in [-0.39, 0.29) is 5.92 Å². The molecule has 54 valence electrons. The van der Waals surface area contributed by atoms with Crippen LogP contribution in [-0.2, 0) is 0 Å². The van der Waals surface area contributed by atoms with Gasteiger partial charge in [-0.15, -0.1) is 0 Å². The quantitative estimate of drug-likeness (QED) is 0.500. The Morgan fingerprint density at radius 3 is 2.90 bits per heavy atom. The summed E-state index contributed by atoms with van der Waals surface area (Å²) >= 11 is 0. The van der Waals surface area contributed by atoms with Crippen LogP contribution in [0.4, 0.5) is 0 Å². The van der Waals surface area contributed by atoms with Crippen molar-refractivity contribution in [1.29, 1.82) is 5.26 Å². The van der Waals surface area contributed by atoms with Crippen molar-refractivity contribution in [3.8, 4) is 6.07 Å². The third-order valence-electron chi connectivity index (χ3n) is 2.02. The smallest absolute Gasteiger partial charge is 0.0841 e. The summed E-state index contributed by atoms with van der Waals surface area (Å²) < 4.78 is 0. The van der Waals surface area contributed by atoms with Crippen LogP contribution >= 0.6 is 0 Å². The number of hydrogen-bond donors (Lipinski definition) is 0. The highest BCUT2D eigenvalue weighted by Crippen LogP contribution is 2.20. The molecule has 2 heteroatoms. The van der Waals surface area contributed by atoms with Gasteiger partial charge in [0.1, 0.15) is 0 Å². The van der Waals surface area contributed by atoms with E-state index in [4.69, 9.17) is 5.26 Å². The van der Waals surface area contributed by atoms with Crippen molar-refractivity contribution in [2.24, 2.45) is 10.9 Å². The largest absolute Gasteiger partial charge is 0.296 e. The lowest BCUT2D eigenvalue weighted by molar-refractivity contribution is 0.600. The van der Waals surface area contributed by atoms with E-state index in [1.54, 1.807) is 7.05 Å². The fourth-order valence-electron chi connectivity index (χ4n) is 1.40. The van der Waals surface area contributed by atoms with E-state index < -0.39 is 0 Å². The molecule has 0 aromatic carbocycles. The van der Waals surface area contributed by atoms with Gasteiger partial charge in [0.05, 0.1) is 12.0 Å². The molecule has 10 heavy (non-hydrogen) atoms. The number of rotatable bonds is 0. The predicted molar refractivity (Wildman–Crippen MR) is 40.9 cm³/mol. The Labute approximate surface area is 61.6 Å². The summed E-state index contributed by atoms with van der Waals surface area (Å²) in [6.07, 6.45) is 4.46. The monoisotopic (exact) mass is 136 g/mol. The molecule has 2 nitrogen and oxygen atoms in total. The standard InChI is InChI=1S/C8H12N2/c1-10-8-5-3-2-4-7(8)6-9/h7H,2-5H2,1H3/b10-8+. The van der Waals surface area contributed by atoms with Crippen molar-refractivity contribution in [2.75, 3.05) is 7.05 Å². The highest BCUT2D eigenvalue weighted by molar-refractivity contribution is 5.89. The first kappa shape index (κ1) is 7.27. The molecule has 0 aromatic heterocycles. The summed E-state index contributed by atoms with van der Waals surface area (Å²) in [6, 6.07) is 2.27. The van der Waals surface area contributed by atoms with Crippen molar-refractivity contribution in [3.63, 3.8) is 0 Å². The number of hydrogen-bond acceptors (Lipinski definition) is 2. The van der Waals surface area contributed by atoms with E-state index in [0.717, 1.165) is 18.6 Å². The van der Waals surface area contributed by atoms with E-state index in [1.807, 2.05) is 0 Å². The van der Waals surface area contributed by atoms with Gasteiger partial charge in [-0.2, -0.15) is 5.26 Å². The van der Waals surface area contributed by atoms with Gasteiger partial charge in [0.2, 0.25) is 0 Å². The Morgan fingerprint density at radius 1 is 1.60 bits per heavy atom. The first-order chi connectivity index (χ1) is 4.88. The maximum absolute atomic E-state index is 8.66. The molecule has 0 bridgehead atoms. The second-order valence-electron chi connectivity index (χ2n) is 2.64. The van der Waals surface area contributed by atoms with Crippen molar-refractivity contribution in [1.82, 2.24) is 0 Å². The SMILES string of the molecule is C/N=C1\CCCCC1C#N. The lowest BCUT2D eigenvalue weighted by Crippen LogP contribution is -2.17. The van der Waals surface area contributed by atoms with E-state index in [9.17, 15) is 0 Å². The van der Waals surface area contributed by atoms with Gasteiger partial charge in [0.25, 0.3) is 0 Å². The summed E-state index contributed by atoms with van der Waals surface area (Å²) in [5, 5.41) is 8.66. The van der Waals surface area contributed by atoms with Gasteiger partial charge < -0.3 is 0 Å². The third kappa shape index (κ3) is 1.36. The van der Waals surface area contributed by atoms with E-state index in [2.05, 4.69) is 11.1 Å². The molecule has 0 N–H and O–H groups in total. The molecule has 0 aromatic rings. The summed E-state index contributed by atoms with van der Waals surface area (Å²) in [5.74, 6) is 0.124. The van der Waals surface area contributed by atoms with Crippen LogP contribution in [0.15, 0.2) is 4.99 Å². The van der Waals surface area contributed by atoms with Crippen molar-refractivity contribution in [3.05, 3.63) is 0 Å². The summed E-state index contributed by atoms with van der Waals surface area (Å²) in [7, 11) is 1.78. The number of nitriles is 1. The lowest BCUT2D eigenvalue weighted by atomic mass is 9.88. The van der Waals surface area contributed by atoms with Crippen LogP contribution in [0.25, 0.3) is 0 Å². The van der Waals surface area contributed by atoms with E-state index in [1.165, 1.54) is 12.8 Å². The Bertz CT molecular complexity index is 176. The second-order valence-corrected chi connectivity index (χ2v) is 2.64. The van der Waals surface area contributed by atoms with Gasteiger partial charge in [0.15, 0.2) is 0 Å². The Hall–Kier alpha value is -0.840. The Kier molecular flexibility index (Phi) is 2.44. The molecule has 1 saturated carbocycles. The molecule has 0 spiro atoms. The van der Waals surface area contributed by atoms with Gasteiger partial charge >= 0.3 is 0 Å². The number of aliphatic imine (C=N–C) groups is 1. The summed E-state index contributed by atoms with van der Waals surface area (Å²) in [5.41, 5.74) is 1.11. The molecule has 1 unspecified atom stereocenters. The van der Waals surface area contributed by atoms with Crippen LogP contribution in [0.3, 0.4) is 0 Å². The van der Waals surface area contributed by atoms with Gasteiger partial charge in [-0.1, -0.05) is 6.42 Å². The Balaban J connectivity index is 2.62. The van der Waals surface area contributed by atoms with Crippen LogP contribution < -0.4 is 0 Å². The van der Waals surface area contributed by atoms with Crippen LogP contribution in [0.2, 0.25) is 0 Å². The highest BCUT2D eigenvalue weighted by atomic mass is 14.7. The van der Waals surface area contributed by atoms with Crippen LogP contribution in [0.1, 0.15) is 25.7 Å². The first-order valence-electron chi connectivity index (χ1n) is 3.73. The normalized spacial score (nSPS) is 30.0. The van der Waals surface area contributed by atoms with Crippen molar-refractivity contribution < 1.29 is 0 Å². The van der Waals surface area contributed by atoms with Gasteiger partial charge in [0, 0.05) is 12.8 Å². The van der Waals surface area contributed by atoms with Crippen LogP contribution in [-0.4, -0.2) is 12.8 Å². The molecule has 0 radical (unpaired) electrons. The molecule has 0 amide bonds. The summed E-state index contributed by atoms with van der Waals surface area (Å²) in [4.78, 5) is 4.09. The maximum Gasteiger partial charge on any atom is 0.0841 e. The zero-order valence-corrected chi connectivity index (χ0v) is 6.30. The molecular weight excluding hydrogens is 124 g/mol. The lowest BCUT2D eigenvalue weighted by Gasteiger charge is -2.16. The highest BCUT2D eigenvalue weighted by Gasteiger charge is 2.18. The molecule has 1 aliphatic rings. The first-order valence-corrected chi connectivity index (χ1v) is 3.73. The number of nitrogens with zero attached hydrogens (tertiary/aromatic N) is 2. The fraction of sp³-hybridized carbons (Fsp3) is 0.750. The second kappa shape index (κ2) is 3.36. The van der Waals surface area contributed by atoms with Gasteiger partial charge in [-0.25, -0.2) is 0 Å². The van der Waals surface area contributed by atoms with Crippen molar-refractivity contribution >= 4 is 5.71 Å². The fourth-order valence-corrected chi connectivity index (χ4v) is 1.40. The molecular formula is C8H12N2. The van der Waals surface area contributed by atoms with Gasteiger partial charge in [-0.3, -0.25) is 4.99 Å². The van der Waals surface area contributed by atoms with Gasteiger partial charge in [-0.05, 0) is 19.3 Å². The summed E-state index contributed by atoms with van der Waals surface area (Å²) in [6.45, 7) is 0. The Morgan fingerprint density at radius 2 is 2.40 bits per heavy atom. The molecule has 0 saturated heterocycles. The van der Waals surface area contributed by atoms with E-state index in [0.29, 0.717) is 0 Å². The van der Waals surface area contributed by atoms with E-state index >= 15 is 0 Å². The molecule has 0 aliphatic heterocycles. The molecule has 1 fully saturated rings. The molecule has 1 rings (SSSR count). The maximum atomic E-state index is 8.66. The zero-order valence-electron chi connectivity index (χ0n) is 6.30. The predicted octanol–water partition coefficient (Wildman–Crippen LogP) is 1.77. The average molecular weight is 136 g/mol. The minimum absolute atomic E-state index is 0.124. The van der Waals surface area contributed by atoms with Crippen LogP contribution in [0, 0.1) is 17.2 Å². The van der Waals surface area contributed by atoms with Crippen LogP contribution in [0.5, 0.6) is 0 Å². The third-order valence-corrected chi connectivity index (χ3v) is 2.02. The zero-order chi connectivity index (χ0) is 7.40. The average Bonchev–Trinajstić information content (AvgIpc) is 2.04. The molecule has 1 aliphatic carbocycles.